The van der Waals surface area contributed by atoms with Crippen molar-refractivity contribution in [2.75, 3.05) is 18.5 Å². The summed E-state index contributed by atoms with van der Waals surface area (Å²) in [7, 11) is 2.07. The van der Waals surface area contributed by atoms with Gasteiger partial charge in [0.15, 0.2) is 5.65 Å². The quantitative estimate of drug-likeness (QED) is 0.726. The molecular formula is C15H17N5. The summed E-state index contributed by atoms with van der Waals surface area (Å²) >= 11 is 0. The van der Waals surface area contributed by atoms with Crippen LogP contribution in [0.15, 0.2) is 42.7 Å². The molecule has 0 aliphatic carbocycles. The van der Waals surface area contributed by atoms with E-state index in [4.69, 9.17) is 0 Å². The van der Waals surface area contributed by atoms with Gasteiger partial charge in [0, 0.05) is 49.7 Å². The standard InChI is InChI=1S/C15H17N5/c1-12-11-15(20-14(18-12)6-9-17-20)19(2)10-7-13-5-3-4-8-16-13/h3-6,8-9,11H,7,10H2,1-2H3. The number of hydrogen-bond acceptors (Lipinski definition) is 4. The van der Waals surface area contributed by atoms with E-state index in [1.54, 1.807) is 6.20 Å². The SMILES string of the molecule is Cc1cc(N(C)CCc2ccccn2)n2nccc2n1. The van der Waals surface area contributed by atoms with Gasteiger partial charge in [-0.3, -0.25) is 4.98 Å². The van der Waals surface area contributed by atoms with Crippen LogP contribution in [0.2, 0.25) is 0 Å². The lowest BCUT2D eigenvalue weighted by Crippen LogP contribution is -2.23. The highest BCUT2D eigenvalue weighted by Gasteiger charge is 2.09. The lowest BCUT2D eigenvalue weighted by atomic mass is 10.2. The lowest BCUT2D eigenvalue weighted by molar-refractivity contribution is 0.801. The zero-order valence-electron chi connectivity index (χ0n) is 11.7. The van der Waals surface area contributed by atoms with Gasteiger partial charge >= 0.3 is 0 Å². The minimum Gasteiger partial charge on any atom is -0.359 e. The zero-order valence-corrected chi connectivity index (χ0v) is 11.7. The Labute approximate surface area is 117 Å². The highest BCUT2D eigenvalue weighted by atomic mass is 15.3. The fraction of sp³-hybridized carbons (Fsp3) is 0.267. The van der Waals surface area contributed by atoms with Crippen LogP contribution in [0.5, 0.6) is 0 Å². The van der Waals surface area contributed by atoms with E-state index in [-0.39, 0.29) is 0 Å². The van der Waals surface area contributed by atoms with Crippen LogP contribution in [-0.4, -0.2) is 33.2 Å². The summed E-state index contributed by atoms with van der Waals surface area (Å²) in [5, 5.41) is 4.33. The Morgan fingerprint density at radius 2 is 2.10 bits per heavy atom. The minimum atomic E-state index is 0.879. The molecule has 0 atom stereocenters. The molecule has 0 amide bonds. The number of fused-ring (bicyclic) bond motifs is 1. The molecule has 3 heterocycles. The third-order valence-electron chi connectivity index (χ3n) is 3.29. The van der Waals surface area contributed by atoms with Crippen LogP contribution in [0, 0.1) is 6.92 Å². The van der Waals surface area contributed by atoms with E-state index >= 15 is 0 Å². The van der Waals surface area contributed by atoms with Gasteiger partial charge in [-0.05, 0) is 19.1 Å². The number of hydrogen-bond donors (Lipinski definition) is 0. The Balaban J connectivity index is 1.82. The second-order valence-corrected chi connectivity index (χ2v) is 4.85. The van der Waals surface area contributed by atoms with E-state index in [0.29, 0.717) is 0 Å². The van der Waals surface area contributed by atoms with Crippen molar-refractivity contribution in [3.05, 3.63) is 54.1 Å². The molecule has 20 heavy (non-hydrogen) atoms. The molecule has 0 bridgehead atoms. The summed E-state index contributed by atoms with van der Waals surface area (Å²) in [4.78, 5) is 11.0. The Morgan fingerprint density at radius 3 is 2.90 bits per heavy atom. The van der Waals surface area contributed by atoms with Crippen LogP contribution in [0.1, 0.15) is 11.4 Å². The molecule has 0 unspecified atom stereocenters. The number of aromatic nitrogens is 4. The molecule has 0 aromatic carbocycles. The summed E-state index contributed by atoms with van der Waals surface area (Å²) in [6.45, 7) is 2.89. The van der Waals surface area contributed by atoms with Crippen LogP contribution in [0.25, 0.3) is 5.65 Å². The van der Waals surface area contributed by atoms with Crippen molar-refractivity contribution in [3.8, 4) is 0 Å². The first-order valence-electron chi connectivity index (χ1n) is 6.66. The summed E-state index contributed by atoms with van der Waals surface area (Å²) in [6.07, 6.45) is 4.51. The summed E-state index contributed by atoms with van der Waals surface area (Å²) in [5.74, 6) is 1.05. The molecule has 0 spiro atoms. The molecule has 5 nitrogen and oxygen atoms in total. The van der Waals surface area contributed by atoms with E-state index in [9.17, 15) is 0 Å². The predicted molar refractivity (Wildman–Crippen MR) is 78.9 cm³/mol. The van der Waals surface area contributed by atoms with Crippen molar-refractivity contribution in [2.45, 2.75) is 13.3 Å². The number of pyridine rings is 1. The maximum Gasteiger partial charge on any atom is 0.157 e. The van der Waals surface area contributed by atoms with E-state index in [1.807, 2.05) is 35.8 Å². The van der Waals surface area contributed by atoms with Crippen LogP contribution < -0.4 is 4.90 Å². The molecule has 0 aliphatic heterocycles. The molecule has 0 saturated carbocycles. The van der Waals surface area contributed by atoms with Gasteiger partial charge in [0.1, 0.15) is 5.82 Å². The number of aryl methyl sites for hydroxylation is 1. The monoisotopic (exact) mass is 267 g/mol. The van der Waals surface area contributed by atoms with Crippen molar-refractivity contribution in [2.24, 2.45) is 0 Å². The smallest absolute Gasteiger partial charge is 0.157 e. The Bertz CT molecular complexity index is 705. The first-order chi connectivity index (χ1) is 9.74. The highest BCUT2D eigenvalue weighted by Crippen LogP contribution is 2.15. The molecule has 3 rings (SSSR count). The Morgan fingerprint density at radius 1 is 1.20 bits per heavy atom. The number of anilines is 1. The van der Waals surface area contributed by atoms with Gasteiger partial charge in [0.05, 0.1) is 6.20 Å². The van der Waals surface area contributed by atoms with Crippen LogP contribution >= 0.6 is 0 Å². The minimum absolute atomic E-state index is 0.879. The van der Waals surface area contributed by atoms with Crippen molar-refractivity contribution in [1.82, 2.24) is 19.6 Å². The fourth-order valence-electron chi connectivity index (χ4n) is 2.23. The normalized spacial score (nSPS) is 10.9. The molecule has 0 N–H and O–H groups in total. The maximum atomic E-state index is 4.46. The summed E-state index contributed by atoms with van der Waals surface area (Å²) < 4.78 is 1.87. The maximum absolute atomic E-state index is 4.46. The van der Waals surface area contributed by atoms with E-state index in [0.717, 1.165) is 35.8 Å². The summed E-state index contributed by atoms with van der Waals surface area (Å²) in [6, 6.07) is 9.98. The molecule has 3 aromatic rings. The predicted octanol–water partition coefficient (Wildman–Crippen LogP) is 2.11. The van der Waals surface area contributed by atoms with E-state index in [1.165, 1.54) is 0 Å². The topological polar surface area (TPSA) is 46.3 Å². The van der Waals surface area contributed by atoms with Gasteiger partial charge in [-0.1, -0.05) is 6.07 Å². The van der Waals surface area contributed by atoms with Gasteiger partial charge in [-0.2, -0.15) is 9.61 Å². The van der Waals surface area contributed by atoms with Gasteiger partial charge in [0.25, 0.3) is 0 Å². The summed E-state index contributed by atoms with van der Waals surface area (Å²) in [5.41, 5.74) is 2.98. The number of nitrogens with zero attached hydrogens (tertiary/aromatic N) is 5. The average molecular weight is 267 g/mol. The van der Waals surface area contributed by atoms with Gasteiger partial charge in [-0.15, -0.1) is 0 Å². The number of likely N-dealkylation sites (N-methyl/N-ethyl adjacent to an activating group) is 1. The molecule has 0 fully saturated rings. The van der Waals surface area contributed by atoms with E-state index < -0.39 is 0 Å². The fourth-order valence-corrected chi connectivity index (χ4v) is 2.23. The van der Waals surface area contributed by atoms with Crippen LogP contribution in [0.3, 0.4) is 0 Å². The molecule has 102 valence electrons. The molecule has 3 aromatic heterocycles. The molecule has 0 saturated heterocycles. The third kappa shape index (κ3) is 2.47. The molecule has 0 radical (unpaired) electrons. The average Bonchev–Trinajstić information content (AvgIpc) is 2.93. The van der Waals surface area contributed by atoms with Crippen LogP contribution in [0.4, 0.5) is 5.82 Å². The first-order valence-corrected chi connectivity index (χ1v) is 6.66. The molecule has 0 aliphatic rings. The van der Waals surface area contributed by atoms with Gasteiger partial charge in [0.2, 0.25) is 0 Å². The van der Waals surface area contributed by atoms with Crippen molar-refractivity contribution in [3.63, 3.8) is 0 Å². The largest absolute Gasteiger partial charge is 0.359 e. The second kappa shape index (κ2) is 5.28. The van der Waals surface area contributed by atoms with Gasteiger partial charge in [-0.25, -0.2) is 4.98 Å². The first kappa shape index (κ1) is 12.6. The zero-order chi connectivity index (χ0) is 13.9. The Hall–Kier alpha value is -2.43. The highest BCUT2D eigenvalue weighted by molar-refractivity contribution is 5.50. The van der Waals surface area contributed by atoms with Crippen LogP contribution in [-0.2, 0) is 6.42 Å². The Kier molecular flexibility index (Phi) is 3.33. The third-order valence-corrected chi connectivity index (χ3v) is 3.29. The van der Waals surface area contributed by atoms with Crippen molar-refractivity contribution < 1.29 is 0 Å². The van der Waals surface area contributed by atoms with Crippen molar-refractivity contribution >= 4 is 11.5 Å². The second-order valence-electron chi connectivity index (χ2n) is 4.85. The van der Waals surface area contributed by atoms with Crippen molar-refractivity contribution in [1.29, 1.82) is 0 Å². The van der Waals surface area contributed by atoms with E-state index in [2.05, 4.69) is 39.1 Å². The lowest BCUT2D eigenvalue weighted by Gasteiger charge is -2.20. The number of rotatable bonds is 4. The van der Waals surface area contributed by atoms with Gasteiger partial charge < -0.3 is 4.90 Å². The molecule has 5 heteroatoms. The molecular weight excluding hydrogens is 250 g/mol.